The third-order valence-corrected chi connectivity index (χ3v) is 2.32. The molecule has 19 heavy (non-hydrogen) atoms. The van der Waals surface area contributed by atoms with Crippen LogP contribution in [-0.4, -0.2) is 45.4 Å². The van der Waals surface area contributed by atoms with E-state index in [9.17, 15) is 19.7 Å². The molecule has 9 nitrogen and oxygen atoms in total. The van der Waals surface area contributed by atoms with Crippen LogP contribution < -0.4 is 5.32 Å². The zero-order valence-electron chi connectivity index (χ0n) is 10.5. The average Bonchev–Trinajstić information content (AvgIpc) is 2.36. The van der Waals surface area contributed by atoms with Gasteiger partial charge in [-0.15, -0.1) is 0 Å². The van der Waals surface area contributed by atoms with E-state index in [1.165, 1.54) is 6.92 Å². The summed E-state index contributed by atoms with van der Waals surface area (Å²) in [5, 5.41) is 32.4. The number of carbonyl (C=O) groups is 2. The number of hydrogen-bond acceptors (Lipinski definition) is 6. The van der Waals surface area contributed by atoms with Crippen molar-refractivity contribution in [2.24, 2.45) is 5.16 Å². The molecule has 0 aliphatic carbocycles. The number of carboxylic acids is 1. The van der Waals surface area contributed by atoms with Gasteiger partial charge in [0, 0.05) is 17.4 Å². The van der Waals surface area contributed by atoms with Crippen LogP contribution in [0, 0.1) is 10.1 Å². The van der Waals surface area contributed by atoms with Gasteiger partial charge in [0.05, 0.1) is 0 Å². The lowest BCUT2D eigenvalue weighted by Crippen LogP contribution is -2.34. The van der Waals surface area contributed by atoms with Gasteiger partial charge in [0.1, 0.15) is 6.54 Å². The van der Waals surface area contributed by atoms with Crippen LogP contribution in [0.2, 0.25) is 0 Å². The molecule has 0 fully saturated rings. The number of nitro groups is 1. The summed E-state index contributed by atoms with van der Waals surface area (Å²) in [5.41, 5.74) is -0.199. The fourth-order valence-electron chi connectivity index (χ4n) is 1.22. The summed E-state index contributed by atoms with van der Waals surface area (Å²) in [6.45, 7) is 2.34. The monoisotopic (exact) mass is 273 g/mol. The third kappa shape index (κ3) is 5.61. The van der Waals surface area contributed by atoms with Crippen molar-refractivity contribution in [1.82, 2.24) is 5.32 Å². The predicted octanol–water partition coefficient (Wildman–Crippen LogP) is 0.0190. The van der Waals surface area contributed by atoms with Crippen molar-refractivity contribution in [1.29, 1.82) is 0 Å². The largest absolute Gasteiger partial charge is 0.480 e. The van der Waals surface area contributed by atoms with E-state index in [1.54, 1.807) is 6.92 Å². The van der Waals surface area contributed by atoms with E-state index in [-0.39, 0.29) is 12.0 Å². The van der Waals surface area contributed by atoms with Crippen LogP contribution in [0.15, 0.2) is 16.8 Å². The quantitative estimate of drug-likeness (QED) is 0.258. The Bertz CT molecular complexity index is 429. The van der Waals surface area contributed by atoms with Gasteiger partial charge in [-0.25, -0.2) is 0 Å². The van der Waals surface area contributed by atoms with Gasteiger partial charge in [-0.05, 0) is 12.5 Å². The molecule has 1 amide bonds. The maximum Gasteiger partial charge on any atom is 0.322 e. The van der Waals surface area contributed by atoms with E-state index < -0.39 is 35.1 Å². The molecule has 0 saturated heterocycles. The normalized spacial score (nSPS) is 13.8. The molecule has 3 N–H and O–H groups in total. The van der Waals surface area contributed by atoms with Gasteiger partial charge in [0.15, 0.2) is 5.71 Å². The van der Waals surface area contributed by atoms with Crippen LogP contribution in [0.4, 0.5) is 0 Å². The first-order valence-electron chi connectivity index (χ1n) is 5.39. The Hall–Kier alpha value is -2.45. The zero-order chi connectivity index (χ0) is 15.0. The van der Waals surface area contributed by atoms with Gasteiger partial charge in [-0.3, -0.25) is 19.7 Å². The molecule has 9 heteroatoms. The predicted molar refractivity (Wildman–Crippen MR) is 64.7 cm³/mol. The van der Waals surface area contributed by atoms with Crippen LogP contribution >= 0.6 is 0 Å². The minimum atomic E-state index is -1.26. The first-order chi connectivity index (χ1) is 8.83. The van der Waals surface area contributed by atoms with Gasteiger partial charge in [0.2, 0.25) is 6.04 Å². The van der Waals surface area contributed by atoms with Crippen molar-refractivity contribution < 1.29 is 24.8 Å². The van der Waals surface area contributed by atoms with Gasteiger partial charge in [0.25, 0.3) is 5.91 Å². The third-order valence-electron chi connectivity index (χ3n) is 2.32. The number of nitrogens with one attached hydrogen (secondary N) is 1. The SMILES string of the molecule is CC/C(=C\C(=N/O)C(=O)NCC(=O)O)C(C)[N+](=O)[O-]. The van der Waals surface area contributed by atoms with Gasteiger partial charge < -0.3 is 15.6 Å². The topological polar surface area (TPSA) is 142 Å². The number of nitrogens with zero attached hydrogens (tertiary/aromatic N) is 2. The summed E-state index contributed by atoms with van der Waals surface area (Å²) < 4.78 is 0. The molecule has 1 unspecified atom stereocenters. The van der Waals surface area contributed by atoms with Crippen molar-refractivity contribution >= 4 is 17.6 Å². The van der Waals surface area contributed by atoms with Crippen molar-refractivity contribution in [3.05, 3.63) is 21.8 Å². The van der Waals surface area contributed by atoms with Crippen LogP contribution in [0.25, 0.3) is 0 Å². The molecule has 1 atom stereocenters. The Kier molecular flexibility index (Phi) is 6.79. The van der Waals surface area contributed by atoms with Gasteiger partial charge >= 0.3 is 5.97 Å². The molecule has 0 heterocycles. The lowest BCUT2D eigenvalue weighted by molar-refractivity contribution is -0.507. The Morgan fingerprint density at radius 3 is 2.47 bits per heavy atom. The fourth-order valence-corrected chi connectivity index (χ4v) is 1.22. The molecule has 0 aliphatic rings. The summed E-state index contributed by atoms with van der Waals surface area (Å²) in [6, 6.07) is -1.03. The van der Waals surface area contributed by atoms with E-state index in [0.717, 1.165) is 6.08 Å². The minimum absolute atomic E-state index is 0.281. The molecule has 0 aromatic carbocycles. The molecule has 0 spiro atoms. The Morgan fingerprint density at radius 1 is 1.53 bits per heavy atom. The summed E-state index contributed by atoms with van der Waals surface area (Å²) in [4.78, 5) is 31.8. The second-order valence-electron chi connectivity index (χ2n) is 3.60. The second kappa shape index (κ2) is 7.80. The first kappa shape index (κ1) is 16.6. The molecule has 0 aromatic heterocycles. The Balaban J connectivity index is 5.00. The molecule has 0 bridgehead atoms. The fraction of sp³-hybridized carbons (Fsp3) is 0.500. The summed E-state index contributed by atoms with van der Waals surface area (Å²) in [5.74, 6) is -2.18. The number of amides is 1. The molecule has 0 rings (SSSR count). The molecule has 0 aliphatic heterocycles. The van der Waals surface area contributed by atoms with Gasteiger partial charge in [-0.2, -0.15) is 0 Å². The maximum absolute atomic E-state index is 11.4. The van der Waals surface area contributed by atoms with E-state index in [2.05, 4.69) is 5.16 Å². The van der Waals surface area contributed by atoms with E-state index in [4.69, 9.17) is 10.3 Å². The number of oxime groups is 1. The molecule has 0 aromatic rings. The maximum atomic E-state index is 11.4. The molecule has 0 saturated carbocycles. The van der Waals surface area contributed by atoms with E-state index >= 15 is 0 Å². The highest BCUT2D eigenvalue weighted by Crippen LogP contribution is 2.10. The highest BCUT2D eigenvalue weighted by Gasteiger charge is 2.20. The highest BCUT2D eigenvalue weighted by atomic mass is 16.6. The van der Waals surface area contributed by atoms with E-state index in [0.29, 0.717) is 0 Å². The second-order valence-corrected chi connectivity index (χ2v) is 3.60. The number of hydrogen-bond donors (Lipinski definition) is 3. The number of carboxylic acid groups (broad SMARTS) is 1. The number of rotatable bonds is 7. The molecule has 106 valence electrons. The summed E-state index contributed by atoms with van der Waals surface area (Å²) in [6.07, 6.45) is 1.36. The van der Waals surface area contributed by atoms with Crippen molar-refractivity contribution in [2.75, 3.05) is 6.54 Å². The lowest BCUT2D eigenvalue weighted by atomic mass is 10.0. The first-order valence-corrected chi connectivity index (χ1v) is 5.39. The molecule has 0 radical (unpaired) electrons. The minimum Gasteiger partial charge on any atom is -0.480 e. The Morgan fingerprint density at radius 2 is 2.11 bits per heavy atom. The zero-order valence-corrected chi connectivity index (χ0v) is 10.5. The van der Waals surface area contributed by atoms with Crippen LogP contribution in [0.5, 0.6) is 0 Å². The number of carbonyl (C=O) groups excluding carboxylic acids is 1. The number of aliphatic carboxylic acids is 1. The van der Waals surface area contributed by atoms with Gasteiger partial charge in [-0.1, -0.05) is 12.1 Å². The highest BCUT2D eigenvalue weighted by molar-refractivity contribution is 6.43. The molecular formula is C10H15N3O6. The van der Waals surface area contributed by atoms with Crippen LogP contribution in [0.1, 0.15) is 20.3 Å². The van der Waals surface area contributed by atoms with Crippen LogP contribution in [0.3, 0.4) is 0 Å². The smallest absolute Gasteiger partial charge is 0.322 e. The average molecular weight is 273 g/mol. The van der Waals surface area contributed by atoms with Crippen LogP contribution in [-0.2, 0) is 9.59 Å². The summed E-state index contributed by atoms with van der Waals surface area (Å²) in [7, 11) is 0. The van der Waals surface area contributed by atoms with Crippen molar-refractivity contribution in [2.45, 2.75) is 26.3 Å². The van der Waals surface area contributed by atoms with Crippen molar-refractivity contribution in [3.8, 4) is 0 Å². The standard InChI is InChI=1S/C10H15N3O6/c1-3-7(6(2)13(18)19)4-8(12-17)10(16)11-5-9(14)15/h4,6,17H,3,5H2,1-2H3,(H,11,16)(H,14,15)/b7-4+,12-8+. The van der Waals surface area contributed by atoms with E-state index in [1.807, 2.05) is 5.32 Å². The lowest BCUT2D eigenvalue weighted by Gasteiger charge is -2.07. The molecular weight excluding hydrogens is 258 g/mol. The Labute approximate surface area is 108 Å². The summed E-state index contributed by atoms with van der Waals surface area (Å²) >= 11 is 0. The van der Waals surface area contributed by atoms with Crippen molar-refractivity contribution in [3.63, 3.8) is 0 Å².